The Bertz CT molecular complexity index is 172. The minimum absolute atomic E-state index is 0.0557. The Kier molecular flexibility index (Phi) is 1.72. The van der Waals surface area contributed by atoms with Crippen molar-refractivity contribution >= 4 is 5.69 Å². The fraction of sp³-hybridized carbons (Fsp3) is 0.250. The third kappa shape index (κ3) is 1.12. The molecule has 0 atom stereocenters. The van der Waals surface area contributed by atoms with E-state index in [1.807, 2.05) is 9.09 Å². The van der Waals surface area contributed by atoms with E-state index in [0.717, 1.165) is 5.69 Å². The molecule has 4 heteroatoms. The van der Waals surface area contributed by atoms with Gasteiger partial charge in [0.2, 0.25) is 0 Å². The summed E-state index contributed by atoms with van der Waals surface area (Å²) in [5.41, 5.74) is 6.14. The Morgan fingerprint density at radius 2 is 2.62 bits per heavy atom. The maximum absolute atomic E-state index is 5.39. The van der Waals surface area contributed by atoms with Gasteiger partial charge < -0.3 is 0 Å². The maximum atomic E-state index is 5.39. The van der Waals surface area contributed by atoms with E-state index < -0.39 is 0 Å². The van der Waals surface area contributed by atoms with E-state index in [1.165, 1.54) is 0 Å². The number of hydrogen-bond donors (Lipinski definition) is 1. The molecule has 0 aromatic carbocycles. The molecule has 1 heterocycles. The number of rotatable bonds is 1. The number of nitrogens with zero attached hydrogens (tertiary/aromatic N) is 2. The Hall–Kier alpha value is -0.260. The predicted octanol–water partition coefficient (Wildman–Crippen LogP) is -3.05. The van der Waals surface area contributed by atoms with Crippen LogP contribution in [0.3, 0.4) is 0 Å². The number of anilines is 1. The first-order valence-corrected chi connectivity index (χ1v) is 5.25. The topological polar surface area (TPSA) is 43.8 Å². The molecular weight excluding hydrogens is 217 g/mol. The van der Waals surface area contributed by atoms with E-state index in [0.29, 0.717) is 0 Å². The van der Waals surface area contributed by atoms with Crippen LogP contribution in [0.5, 0.6) is 0 Å². The zero-order chi connectivity index (χ0) is 5.98. The summed E-state index contributed by atoms with van der Waals surface area (Å²) in [6, 6.07) is 0. The molecule has 0 bridgehead atoms. The van der Waals surface area contributed by atoms with Crippen molar-refractivity contribution in [3.05, 3.63) is 12.4 Å². The molecule has 0 saturated carbocycles. The molecule has 0 spiro atoms. The van der Waals surface area contributed by atoms with Crippen molar-refractivity contribution < 1.29 is 21.5 Å². The number of alkyl halides is 1. The SMILES string of the molecule is C[I-]n1cc(N)cn1. The molecule has 0 aliphatic rings. The second-order valence-electron chi connectivity index (χ2n) is 1.33. The Morgan fingerprint density at radius 1 is 1.88 bits per heavy atom. The minimum atomic E-state index is 0.0557. The van der Waals surface area contributed by atoms with Crippen molar-refractivity contribution in [1.82, 2.24) is 7.99 Å². The van der Waals surface area contributed by atoms with E-state index in [2.05, 4.69) is 10.0 Å². The Balaban J connectivity index is 2.84. The van der Waals surface area contributed by atoms with Gasteiger partial charge in [-0.15, -0.1) is 0 Å². The van der Waals surface area contributed by atoms with Gasteiger partial charge in [-0.3, -0.25) is 0 Å². The molecule has 0 aliphatic heterocycles. The summed E-state index contributed by atoms with van der Waals surface area (Å²) in [7, 11) is 0. The molecule has 1 rings (SSSR count). The quantitative estimate of drug-likeness (QED) is 0.407. The van der Waals surface area contributed by atoms with Crippen LogP contribution >= 0.6 is 0 Å². The summed E-state index contributed by atoms with van der Waals surface area (Å²) in [6.07, 6.45) is 3.52. The summed E-state index contributed by atoms with van der Waals surface area (Å²) in [6.45, 7) is 0. The summed E-state index contributed by atoms with van der Waals surface area (Å²) >= 11 is 0.0557. The van der Waals surface area contributed by atoms with E-state index >= 15 is 0 Å². The first-order chi connectivity index (χ1) is 3.83. The summed E-state index contributed by atoms with van der Waals surface area (Å²) in [5.74, 6) is 0. The standard InChI is InChI=1S/C4H7IN3/c1-5-8-3-4(6)2-7-8/h2-3H,6H2,1H3/q-1. The van der Waals surface area contributed by atoms with Crippen LogP contribution in [-0.2, 0) is 0 Å². The van der Waals surface area contributed by atoms with Crippen molar-refractivity contribution in [2.75, 3.05) is 10.7 Å². The molecule has 0 saturated heterocycles. The van der Waals surface area contributed by atoms with Crippen molar-refractivity contribution in [1.29, 1.82) is 0 Å². The second-order valence-corrected chi connectivity index (χ2v) is 3.28. The fourth-order valence-corrected chi connectivity index (χ4v) is 1.38. The average Bonchev–Trinajstić information content (AvgIpc) is 2.14. The Morgan fingerprint density at radius 3 is 2.88 bits per heavy atom. The van der Waals surface area contributed by atoms with Crippen LogP contribution in [0.25, 0.3) is 0 Å². The monoisotopic (exact) mass is 224 g/mol. The van der Waals surface area contributed by atoms with Gasteiger partial charge in [0.25, 0.3) is 0 Å². The molecule has 2 N–H and O–H groups in total. The van der Waals surface area contributed by atoms with Gasteiger partial charge in [0, 0.05) is 0 Å². The molecule has 8 heavy (non-hydrogen) atoms. The summed E-state index contributed by atoms with van der Waals surface area (Å²) in [5, 5.41) is 3.97. The normalized spacial score (nSPS) is 10.1. The number of hydrogen-bond acceptors (Lipinski definition) is 2. The predicted molar refractivity (Wildman–Crippen MR) is 28.0 cm³/mol. The van der Waals surface area contributed by atoms with Gasteiger partial charge in [-0.2, -0.15) is 0 Å². The van der Waals surface area contributed by atoms with Gasteiger partial charge in [-0.25, -0.2) is 0 Å². The molecule has 0 amide bonds. The van der Waals surface area contributed by atoms with Crippen LogP contribution in [0.1, 0.15) is 0 Å². The van der Waals surface area contributed by atoms with Crippen LogP contribution in [0.15, 0.2) is 12.4 Å². The molecule has 1 aromatic rings. The molecule has 0 aliphatic carbocycles. The third-order valence-corrected chi connectivity index (χ3v) is 2.26. The van der Waals surface area contributed by atoms with E-state index in [9.17, 15) is 0 Å². The van der Waals surface area contributed by atoms with Crippen molar-refractivity contribution in [2.24, 2.45) is 0 Å². The van der Waals surface area contributed by atoms with Crippen LogP contribution in [0.2, 0.25) is 0 Å². The van der Waals surface area contributed by atoms with E-state index in [4.69, 9.17) is 5.73 Å². The molecular formula is C4H7IN3-. The molecule has 46 valence electrons. The number of nitrogen functional groups attached to an aromatic ring is 1. The summed E-state index contributed by atoms with van der Waals surface area (Å²) in [4.78, 5) is 2.13. The summed E-state index contributed by atoms with van der Waals surface area (Å²) < 4.78 is 1.90. The van der Waals surface area contributed by atoms with Crippen LogP contribution in [0, 0.1) is 0 Å². The van der Waals surface area contributed by atoms with Gasteiger partial charge in [-0.1, -0.05) is 0 Å². The average molecular weight is 224 g/mol. The van der Waals surface area contributed by atoms with Crippen molar-refractivity contribution in [2.45, 2.75) is 0 Å². The molecule has 3 nitrogen and oxygen atoms in total. The van der Waals surface area contributed by atoms with Gasteiger partial charge in [0.1, 0.15) is 0 Å². The van der Waals surface area contributed by atoms with Crippen LogP contribution in [-0.4, -0.2) is 12.9 Å². The van der Waals surface area contributed by atoms with Crippen molar-refractivity contribution in [3.8, 4) is 0 Å². The van der Waals surface area contributed by atoms with E-state index in [1.54, 1.807) is 6.20 Å². The molecule has 0 unspecified atom stereocenters. The Labute approximate surface area is 58.5 Å². The van der Waals surface area contributed by atoms with Gasteiger partial charge >= 0.3 is 58.2 Å². The fourth-order valence-electron chi connectivity index (χ4n) is 0.404. The van der Waals surface area contributed by atoms with Crippen LogP contribution < -0.4 is 27.2 Å². The van der Waals surface area contributed by atoms with Gasteiger partial charge in [0.05, 0.1) is 0 Å². The van der Waals surface area contributed by atoms with Crippen molar-refractivity contribution in [3.63, 3.8) is 0 Å². The first-order valence-electron chi connectivity index (χ1n) is 2.13. The number of aromatic nitrogens is 2. The van der Waals surface area contributed by atoms with Crippen LogP contribution in [0.4, 0.5) is 5.69 Å². The first kappa shape index (κ1) is 5.87. The van der Waals surface area contributed by atoms with Gasteiger partial charge in [-0.05, 0) is 0 Å². The molecule has 0 fully saturated rings. The zero-order valence-electron chi connectivity index (χ0n) is 4.50. The molecule has 1 aromatic heterocycles. The zero-order valence-corrected chi connectivity index (χ0v) is 6.66. The molecule has 0 radical (unpaired) electrons. The number of nitrogens with two attached hydrogens (primary N) is 1. The third-order valence-electron chi connectivity index (χ3n) is 0.746. The number of halogens is 1. The van der Waals surface area contributed by atoms with Gasteiger partial charge in [0.15, 0.2) is 0 Å². The second kappa shape index (κ2) is 2.34. The van der Waals surface area contributed by atoms with E-state index in [-0.39, 0.29) is 21.5 Å².